The Morgan fingerprint density at radius 1 is 1.21 bits per heavy atom. The molecule has 1 amide bonds. The minimum Gasteiger partial charge on any atom is -0.490 e. The Morgan fingerprint density at radius 3 is 2.64 bits per heavy atom. The van der Waals surface area contributed by atoms with Crippen LogP contribution in [0.3, 0.4) is 0 Å². The van der Waals surface area contributed by atoms with Gasteiger partial charge in [-0.3, -0.25) is 4.79 Å². The van der Waals surface area contributed by atoms with Crippen molar-refractivity contribution in [1.29, 1.82) is 0 Å². The Balaban J connectivity index is 1.56. The van der Waals surface area contributed by atoms with Gasteiger partial charge in [0.2, 0.25) is 15.9 Å². The molecule has 2 aromatic rings. The molecule has 2 atom stereocenters. The van der Waals surface area contributed by atoms with Gasteiger partial charge in [0.15, 0.2) is 5.76 Å². The van der Waals surface area contributed by atoms with E-state index in [4.69, 9.17) is 20.9 Å². The molecule has 0 spiro atoms. The Kier molecular flexibility index (Phi) is 7.31. The number of nitrogens with zero attached hydrogens (tertiary/aromatic N) is 3. The number of hydrogen-bond acceptors (Lipinski definition) is 6. The number of aryl methyl sites for hydroxylation is 2. The molecule has 1 aromatic carbocycles. The van der Waals surface area contributed by atoms with E-state index in [9.17, 15) is 13.2 Å². The average molecular weight is 496 g/mol. The predicted octanol–water partition coefficient (Wildman–Crippen LogP) is 3.81. The van der Waals surface area contributed by atoms with Gasteiger partial charge in [-0.1, -0.05) is 22.8 Å². The molecule has 2 aliphatic heterocycles. The van der Waals surface area contributed by atoms with Crippen LogP contribution in [0, 0.1) is 19.8 Å². The number of sulfonamides is 1. The van der Waals surface area contributed by atoms with Crippen molar-refractivity contribution >= 4 is 27.5 Å². The monoisotopic (exact) mass is 495 g/mol. The molecule has 0 aliphatic carbocycles. The number of benzene rings is 1. The van der Waals surface area contributed by atoms with Crippen molar-refractivity contribution in [3.05, 3.63) is 40.7 Å². The largest absolute Gasteiger partial charge is 0.490 e. The maximum atomic E-state index is 13.4. The molecule has 4 rings (SSSR count). The summed E-state index contributed by atoms with van der Waals surface area (Å²) in [6, 6.07) is 7.13. The predicted molar refractivity (Wildman–Crippen MR) is 124 cm³/mol. The number of carbonyl (C=O) groups is 1. The summed E-state index contributed by atoms with van der Waals surface area (Å²) in [5.74, 6) is 0.647. The number of ether oxygens (including phenoxy) is 1. The molecular formula is C23H30ClN3O5S. The fourth-order valence-corrected chi connectivity index (χ4v) is 6.71. The quantitative estimate of drug-likeness (QED) is 0.605. The Morgan fingerprint density at radius 2 is 1.97 bits per heavy atom. The summed E-state index contributed by atoms with van der Waals surface area (Å²) in [5.41, 5.74) is 0.339. The van der Waals surface area contributed by atoms with Crippen LogP contribution in [0.1, 0.15) is 43.6 Å². The molecule has 33 heavy (non-hydrogen) atoms. The first-order chi connectivity index (χ1) is 15.8. The third-order valence-corrected chi connectivity index (χ3v) is 8.77. The zero-order chi connectivity index (χ0) is 23.6. The first-order valence-electron chi connectivity index (χ1n) is 11.4. The van der Waals surface area contributed by atoms with Gasteiger partial charge in [0.1, 0.15) is 22.4 Å². The maximum absolute atomic E-state index is 13.4. The van der Waals surface area contributed by atoms with E-state index in [2.05, 4.69) is 5.16 Å². The number of amides is 1. The summed E-state index contributed by atoms with van der Waals surface area (Å²) >= 11 is 6.11. The molecule has 0 saturated carbocycles. The lowest BCUT2D eigenvalue weighted by atomic mass is 9.91. The first kappa shape index (κ1) is 24.0. The molecule has 0 N–H and O–H groups in total. The van der Waals surface area contributed by atoms with Crippen LogP contribution in [0.5, 0.6) is 5.75 Å². The highest BCUT2D eigenvalue weighted by Crippen LogP contribution is 2.32. The summed E-state index contributed by atoms with van der Waals surface area (Å²) in [5, 5.41) is 4.37. The molecule has 3 heterocycles. The maximum Gasteiger partial charge on any atom is 0.248 e. The standard InChI is InChI=1S/C23H30ClN3O5S/c1-16-23(17(2)32-25-16)33(29,30)27-12-9-21(31-20-8-6-7-19(24)14-20)18(15-27)13-22(28)26-10-4-3-5-11-26/h6-8,14,18,21H,3-5,9-13,15H2,1-2H3/t18-,21-/m0/s1. The van der Waals surface area contributed by atoms with Crippen LogP contribution in [0.15, 0.2) is 33.7 Å². The lowest BCUT2D eigenvalue weighted by molar-refractivity contribution is -0.134. The first-order valence-corrected chi connectivity index (χ1v) is 13.2. The second-order valence-corrected chi connectivity index (χ2v) is 11.1. The van der Waals surface area contributed by atoms with Crippen LogP contribution in [0.4, 0.5) is 0 Å². The summed E-state index contributed by atoms with van der Waals surface area (Å²) in [6.45, 7) is 5.21. The number of carbonyl (C=O) groups excluding carboxylic acids is 1. The number of likely N-dealkylation sites (tertiary alicyclic amines) is 1. The normalized spacial score (nSPS) is 22.3. The molecule has 10 heteroatoms. The van der Waals surface area contributed by atoms with E-state index in [-0.39, 0.29) is 48.1 Å². The van der Waals surface area contributed by atoms with E-state index >= 15 is 0 Å². The molecule has 0 unspecified atom stereocenters. The highest BCUT2D eigenvalue weighted by atomic mass is 35.5. The average Bonchev–Trinajstić information content (AvgIpc) is 3.14. The van der Waals surface area contributed by atoms with Crippen molar-refractivity contribution in [2.24, 2.45) is 5.92 Å². The van der Waals surface area contributed by atoms with E-state index in [1.165, 1.54) is 4.31 Å². The SMILES string of the molecule is Cc1noc(C)c1S(=O)(=O)N1CC[C@H](Oc2cccc(Cl)c2)[C@@H](CC(=O)N2CCCCC2)C1. The smallest absolute Gasteiger partial charge is 0.248 e. The van der Waals surface area contributed by atoms with Crippen LogP contribution in [0.2, 0.25) is 5.02 Å². The van der Waals surface area contributed by atoms with Gasteiger partial charge in [-0.05, 0) is 57.7 Å². The zero-order valence-corrected chi connectivity index (χ0v) is 20.6. The third kappa shape index (κ3) is 5.36. The fourth-order valence-electron chi connectivity index (χ4n) is 4.73. The van der Waals surface area contributed by atoms with Gasteiger partial charge in [-0.25, -0.2) is 8.42 Å². The number of rotatable bonds is 6. The van der Waals surface area contributed by atoms with Gasteiger partial charge in [0, 0.05) is 43.5 Å². The molecular weight excluding hydrogens is 466 g/mol. The summed E-state index contributed by atoms with van der Waals surface area (Å²) < 4.78 is 39.6. The minimum absolute atomic E-state index is 0.0518. The lowest BCUT2D eigenvalue weighted by Gasteiger charge is -2.38. The number of aromatic nitrogens is 1. The van der Waals surface area contributed by atoms with Gasteiger partial charge in [0.05, 0.1) is 0 Å². The molecule has 0 bridgehead atoms. The number of piperidine rings is 2. The van der Waals surface area contributed by atoms with Gasteiger partial charge in [-0.2, -0.15) is 4.31 Å². The van der Waals surface area contributed by atoms with Crippen molar-refractivity contribution in [2.75, 3.05) is 26.2 Å². The van der Waals surface area contributed by atoms with Crippen molar-refractivity contribution in [1.82, 2.24) is 14.4 Å². The minimum atomic E-state index is -3.80. The lowest BCUT2D eigenvalue weighted by Crippen LogP contribution is -2.50. The van der Waals surface area contributed by atoms with E-state index in [1.54, 1.807) is 26.0 Å². The van der Waals surface area contributed by atoms with Crippen LogP contribution in [0.25, 0.3) is 0 Å². The molecule has 2 saturated heterocycles. The van der Waals surface area contributed by atoms with Crippen LogP contribution >= 0.6 is 11.6 Å². The van der Waals surface area contributed by atoms with Gasteiger partial charge < -0.3 is 14.2 Å². The highest BCUT2D eigenvalue weighted by Gasteiger charge is 2.40. The molecule has 8 nitrogen and oxygen atoms in total. The van der Waals surface area contributed by atoms with Crippen molar-refractivity contribution in [3.8, 4) is 5.75 Å². The van der Waals surface area contributed by atoms with Gasteiger partial charge in [-0.15, -0.1) is 0 Å². The molecule has 2 aliphatic rings. The Bertz CT molecular complexity index is 1080. The van der Waals surface area contributed by atoms with E-state index < -0.39 is 10.0 Å². The fraction of sp³-hybridized carbons (Fsp3) is 0.565. The third-order valence-electron chi connectivity index (χ3n) is 6.42. The molecule has 0 radical (unpaired) electrons. The Hall–Kier alpha value is -2.10. The number of hydrogen-bond donors (Lipinski definition) is 0. The van der Waals surface area contributed by atoms with Crippen LogP contribution < -0.4 is 4.74 Å². The highest BCUT2D eigenvalue weighted by molar-refractivity contribution is 7.89. The second kappa shape index (κ2) is 10.0. The van der Waals surface area contributed by atoms with Crippen molar-refractivity contribution in [2.45, 2.75) is 57.0 Å². The molecule has 1 aromatic heterocycles. The second-order valence-electron chi connectivity index (χ2n) is 8.82. The molecule has 180 valence electrons. The van der Waals surface area contributed by atoms with E-state index in [0.717, 1.165) is 32.4 Å². The summed E-state index contributed by atoms with van der Waals surface area (Å²) in [7, 11) is -3.80. The van der Waals surface area contributed by atoms with E-state index in [0.29, 0.717) is 22.9 Å². The van der Waals surface area contributed by atoms with Crippen LogP contribution in [-0.4, -0.2) is 61.0 Å². The molecule has 2 fully saturated rings. The zero-order valence-electron chi connectivity index (χ0n) is 19.0. The van der Waals surface area contributed by atoms with Crippen LogP contribution in [-0.2, 0) is 14.8 Å². The Labute approximate surface area is 199 Å². The summed E-state index contributed by atoms with van der Waals surface area (Å²) in [4.78, 5) is 15.1. The number of halogens is 1. The van der Waals surface area contributed by atoms with Crippen molar-refractivity contribution < 1.29 is 22.5 Å². The van der Waals surface area contributed by atoms with Gasteiger partial charge in [0.25, 0.3) is 0 Å². The summed E-state index contributed by atoms with van der Waals surface area (Å²) in [6.07, 6.45) is 3.55. The van der Waals surface area contributed by atoms with Crippen molar-refractivity contribution in [3.63, 3.8) is 0 Å². The topological polar surface area (TPSA) is 93.0 Å². The van der Waals surface area contributed by atoms with Gasteiger partial charge >= 0.3 is 0 Å². The van der Waals surface area contributed by atoms with E-state index in [1.807, 2.05) is 17.0 Å².